The number of urea groups is 1. The van der Waals surface area contributed by atoms with Crippen LogP contribution in [0.2, 0.25) is 0 Å². The summed E-state index contributed by atoms with van der Waals surface area (Å²) >= 11 is 0. The van der Waals surface area contributed by atoms with E-state index in [-0.39, 0.29) is 17.8 Å². The van der Waals surface area contributed by atoms with E-state index in [1.165, 1.54) is 25.0 Å². The molecular weight excluding hydrogens is 357 g/mol. The van der Waals surface area contributed by atoms with Crippen molar-refractivity contribution >= 4 is 23.3 Å². The molecule has 1 heterocycles. The smallest absolute Gasteiger partial charge is 0.322 e. The van der Waals surface area contributed by atoms with Gasteiger partial charge in [0.2, 0.25) is 5.91 Å². The van der Waals surface area contributed by atoms with Gasteiger partial charge in [0.05, 0.1) is 0 Å². The Morgan fingerprint density at radius 1 is 0.929 bits per heavy atom. The molecule has 3 amide bonds. The summed E-state index contributed by atoms with van der Waals surface area (Å²) in [7, 11) is 0. The Morgan fingerprint density at radius 2 is 1.57 bits per heavy atom. The third-order valence-electron chi connectivity index (χ3n) is 5.55. The average Bonchev–Trinajstić information content (AvgIpc) is 3.32. The normalized spacial score (nSPS) is 16.1. The summed E-state index contributed by atoms with van der Waals surface area (Å²) in [5, 5.41) is 5.78. The minimum atomic E-state index is -0.286. The molecule has 0 atom stereocenters. The van der Waals surface area contributed by atoms with Gasteiger partial charge in [0.25, 0.3) is 0 Å². The predicted octanol–water partition coefficient (Wildman–Crippen LogP) is 4.89. The van der Waals surface area contributed by atoms with Crippen molar-refractivity contribution in [2.75, 3.05) is 10.6 Å². The molecule has 2 aromatic carbocycles. The molecule has 0 bridgehead atoms. The largest absolute Gasteiger partial charge is 0.326 e. The van der Waals surface area contributed by atoms with Crippen molar-refractivity contribution < 1.29 is 14.0 Å². The van der Waals surface area contributed by atoms with Gasteiger partial charge in [0, 0.05) is 30.9 Å². The van der Waals surface area contributed by atoms with E-state index in [0.717, 1.165) is 29.7 Å². The summed E-state index contributed by atoms with van der Waals surface area (Å²) in [5.41, 5.74) is 3.19. The van der Waals surface area contributed by atoms with E-state index in [0.29, 0.717) is 31.1 Å². The monoisotopic (exact) mass is 381 g/mol. The Balaban J connectivity index is 1.29. The Morgan fingerprint density at radius 3 is 2.29 bits per heavy atom. The van der Waals surface area contributed by atoms with E-state index in [1.54, 1.807) is 35.2 Å². The van der Waals surface area contributed by atoms with Crippen molar-refractivity contribution in [2.45, 2.75) is 45.2 Å². The quantitative estimate of drug-likeness (QED) is 0.792. The number of nitrogens with zero attached hydrogens (tertiary/aromatic N) is 1. The molecule has 28 heavy (non-hydrogen) atoms. The Hall–Kier alpha value is -2.89. The van der Waals surface area contributed by atoms with Crippen molar-refractivity contribution in [3.8, 4) is 0 Å². The highest BCUT2D eigenvalue weighted by Gasteiger charge is 2.23. The van der Waals surface area contributed by atoms with Gasteiger partial charge in [0.15, 0.2) is 0 Å². The number of benzene rings is 2. The van der Waals surface area contributed by atoms with Crippen LogP contribution in [0.5, 0.6) is 0 Å². The number of carbonyl (C=O) groups excluding carboxylic acids is 2. The second kappa shape index (κ2) is 8.00. The highest BCUT2D eigenvalue weighted by atomic mass is 19.1. The van der Waals surface area contributed by atoms with E-state index in [2.05, 4.69) is 10.6 Å². The first kappa shape index (κ1) is 18.5. The summed E-state index contributed by atoms with van der Waals surface area (Å²) in [5.74, 6) is 0.272. The topological polar surface area (TPSA) is 61.4 Å². The summed E-state index contributed by atoms with van der Waals surface area (Å²) in [4.78, 5) is 26.2. The molecule has 0 unspecified atom stereocenters. The standard InChI is InChI=1S/C22H24FN3O2/c23-18-6-5-16-13-26(14-17(16)12-18)22(28)25-20-9-7-19(8-10-20)24-21(27)11-15-3-1-2-4-15/h5-10,12,15H,1-4,11,13-14H2,(H,24,27)(H,25,28). The number of hydrogen-bond donors (Lipinski definition) is 2. The van der Waals surface area contributed by atoms with Gasteiger partial charge in [-0.3, -0.25) is 4.79 Å². The first-order chi connectivity index (χ1) is 13.6. The molecule has 1 aliphatic carbocycles. The van der Waals surface area contributed by atoms with Crippen LogP contribution in [0, 0.1) is 11.7 Å². The van der Waals surface area contributed by atoms with Crippen LogP contribution >= 0.6 is 0 Å². The fraction of sp³-hybridized carbons (Fsp3) is 0.364. The van der Waals surface area contributed by atoms with Crippen LogP contribution in [-0.4, -0.2) is 16.8 Å². The third-order valence-corrected chi connectivity index (χ3v) is 5.55. The fourth-order valence-corrected chi connectivity index (χ4v) is 4.03. The fourth-order valence-electron chi connectivity index (χ4n) is 4.03. The number of amides is 3. The molecule has 0 aromatic heterocycles. The summed E-state index contributed by atoms with van der Waals surface area (Å²) in [6.45, 7) is 0.866. The molecule has 146 valence electrons. The molecule has 1 fully saturated rings. The molecular formula is C22H24FN3O2. The molecule has 0 spiro atoms. The van der Waals surface area contributed by atoms with E-state index in [9.17, 15) is 14.0 Å². The molecule has 2 aromatic rings. The molecule has 2 N–H and O–H groups in total. The van der Waals surface area contributed by atoms with E-state index >= 15 is 0 Å². The molecule has 6 heteroatoms. The van der Waals surface area contributed by atoms with Crippen LogP contribution in [0.15, 0.2) is 42.5 Å². The summed E-state index contributed by atoms with van der Waals surface area (Å²) < 4.78 is 13.3. The number of rotatable bonds is 4. The number of nitrogens with one attached hydrogen (secondary N) is 2. The van der Waals surface area contributed by atoms with Gasteiger partial charge >= 0.3 is 6.03 Å². The van der Waals surface area contributed by atoms with Crippen LogP contribution in [0.3, 0.4) is 0 Å². The highest BCUT2D eigenvalue weighted by Crippen LogP contribution is 2.28. The zero-order valence-corrected chi connectivity index (χ0v) is 15.7. The first-order valence-electron chi connectivity index (χ1n) is 9.80. The summed E-state index contributed by atoms with van der Waals surface area (Å²) in [6, 6.07) is 11.5. The maximum atomic E-state index is 13.3. The molecule has 1 saturated carbocycles. The lowest BCUT2D eigenvalue weighted by Gasteiger charge is -2.16. The minimum absolute atomic E-state index is 0.0470. The van der Waals surface area contributed by atoms with Crippen LogP contribution in [0.1, 0.15) is 43.2 Å². The zero-order valence-electron chi connectivity index (χ0n) is 15.7. The second-order valence-electron chi connectivity index (χ2n) is 7.68. The molecule has 4 rings (SSSR count). The van der Waals surface area contributed by atoms with Crippen molar-refractivity contribution in [3.63, 3.8) is 0 Å². The predicted molar refractivity (Wildman–Crippen MR) is 106 cm³/mol. The lowest BCUT2D eigenvalue weighted by molar-refractivity contribution is -0.117. The molecule has 0 saturated heterocycles. The van der Waals surface area contributed by atoms with Crippen LogP contribution in [0.4, 0.5) is 20.6 Å². The average molecular weight is 381 g/mol. The van der Waals surface area contributed by atoms with Gasteiger partial charge in [-0.1, -0.05) is 18.9 Å². The van der Waals surface area contributed by atoms with Crippen LogP contribution in [0.25, 0.3) is 0 Å². The van der Waals surface area contributed by atoms with Crippen molar-refractivity contribution in [3.05, 3.63) is 59.4 Å². The second-order valence-corrected chi connectivity index (χ2v) is 7.68. The van der Waals surface area contributed by atoms with E-state index < -0.39 is 0 Å². The number of carbonyl (C=O) groups is 2. The van der Waals surface area contributed by atoms with Crippen molar-refractivity contribution in [1.29, 1.82) is 0 Å². The van der Waals surface area contributed by atoms with Crippen molar-refractivity contribution in [1.82, 2.24) is 4.90 Å². The summed E-state index contributed by atoms with van der Waals surface area (Å²) in [6.07, 6.45) is 5.32. The Kier molecular flexibility index (Phi) is 5.28. The van der Waals surface area contributed by atoms with Crippen LogP contribution < -0.4 is 10.6 Å². The van der Waals surface area contributed by atoms with Gasteiger partial charge in [0.1, 0.15) is 5.82 Å². The zero-order chi connectivity index (χ0) is 19.5. The lowest BCUT2D eigenvalue weighted by atomic mass is 10.0. The maximum Gasteiger partial charge on any atom is 0.322 e. The van der Waals surface area contributed by atoms with Gasteiger partial charge in [-0.2, -0.15) is 0 Å². The first-order valence-corrected chi connectivity index (χ1v) is 9.80. The molecule has 2 aliphatic rings. The number of halogens is 1. The van der Waals surface area contributed by atoms with Gasteiger partial charge in [-0.15, -0.1) is 0 Å². The minimum Gasteiger partial charge on any atom is -0.326 e. The number of hydrogen-bond acceptors (Lipinski definition) is 2. The molecule has 0 radical (unpaired) electrons. The van der Waals surface area contributed by atoms with E-state index in [4.69, 9.17) is 0 Å². The number of fused-ring (bicyclic) bond motifs is 1. The third kappa shape index (κ3) is 4.32. The van der Waals surface area contributed by atoms with E-state index in [1.807, 2.05) is 0 Å². The Labute approximate surface area is 163 Å². The van der Waals surface area contributed by atoms with Gasteiger partial charge in [-0.25, -0.2) is 9.18 Å². The Bertz CT molecular complexity index is 876. The maximum absolute atomic E-state index is 13.3. The SMILES string of the molecule is O=C(CC1CCCC1)Nc1ccc(NC(=O)N2Cc3ccc(F)cc3C2)cc1. The van der Waals surface area contributed by atoms with Gasteiger partial charge < -0.3 is 15.5 Å². The van der Waals surface area contributed by atoms with Crippen molar-refractivity contribution in [2.24, 2.45) is 5.92 Å². The highest BCUT2D eigenvalue weighted by molar-refractivity contribution is 5.92. The molecule has 1 aliphatic heterocycles. The number of anilines is 2. The van der Waals surface area contributed by atoms with Crippen LogP contribution in [-0.2, 0) is 17.9 Å². The van der Waals surface area contributed by atoms with Gasteiger partial charge in [-0.05, 0) is 66.3 Å². The molecule has 5 nitrogen and oxygen atoms in total. The lowest BCUT2D eigenvalue weighted by Crippen LogP contribution is -2.30.